The molecule has 7 heterocycles. The van der Waals surface area contributed by atoms with Gasteiger partial charge in [0.1, 0.15) is 29.6 Å². The Morgan fingerprint density at radius 3 is 1.30 bits per heavy atom. The van der Waals surface area contributed by atoms with Gasteiger partial charge in [-0.2, -0.15) is 29.9 Å². The first kappa shape index (κ1) is 66.6. The highest BCUT2D eigenvalue weighted by atomic mass is 35.5. The molecule has 23 nitrogen and oxygen atoms in total. The summed E-state index contributed by atoms with van der Waals surface area (Å²) >= 11 is 13.0. The monoisotopic (exact) mass is 1400 g/mol. The van der Waals surface area contributed by atoms with E-state index >= 15 is 0 Å². The summed E-state index contributed by atoms with van der Waals surface area (Å²) in [6, 6.07) is 58.9. The van der Waals surface area contributed by atoms with E-state index in [9.17, 15) is 0 Å². The number of piperazine rings is 3. The van der Waals surface area contributed by atoms with Crippen LogP contribution in [0.3, 0.4) is 0 Å². The molecule has 8 aromatic carbocycles. The average molecular weight is 1410 g/mol. The number of nitrogens with zero attached hydrogens (tertiary/aromatic N) is 14. The second kappa shape index (κ2) is 30.7. The molecule has 25 heteroatoms. The van der Waals surface area contributed by atoms with Crippen LogP contribution in [0.15, 0.2) is 176 Å². The first-order chi connectivity index (χ1) is 50.1. The van der Waals surface area contributed by atoms with Crippen molar-refractivity contribution < 1.29 is 18.9 Å². The Hall–Kier alpha value is -11.3. The van der Waals surface area contributed by atoms with E-state index in [2.05, 4.69) is 141 Å². The number of pyridine rings is 2. The molecule has 3 aliphatic heterocycles. The zero-order chi connectivity index (χ0) is 69.3. The molecule has 0 spiro atoms. The summed E-state index contributed by atoms with van der Waals surface area (Å²) < 4.78 is 23.3. The molecule has 12 aromatic rings. The third-order valence-corrected chi connectivity index (χ3v) is 19.2. The van der Waals surface area contributed by atoms with E-state index in [4.69, 9.17) is 82.0 Å². The van der Waals surface area contributed by atoms with Gasteiger partial charge in [0.25, 0.3) is 0 Å². The van der Waals surface area contributed by atoms with Gasteiger partial charge in [0, 0.05) is 177 Å². The maximum Gasteiger partial charge on any atom is 0.233 e. The molecule has 3 fully saturated rings. The lowest BCUT2D eigenvalue weighted by Gasteiger charge is -2.38. The molecule has 3 aliphatic rings. The van der Waals surface area contributed by atoms with Gasteiger partial charge in [0.05, 0.1) is 54.8 Å². The summed E-state index contributed by atoms with van der Waals surface area (Å²) in [6.07, 6.45) is 0.735. The Labute approximate surface area is 601 Å². The Morgan fingerprint density at radius 2 is 0.775 bits per heavy atom. The van der Waals surface area contributed by atoms with Crippen LogP contribution in [0.4, 0.5) is 69.8 Å². The lowest BCUT2D eigenvalue weighted by atomic mass is 10.1. The number of fused-ring (bicyclic) bond motifs is 4. The van der Waals surface area contributed by atoms with E-state index in [0.717, 1.165) is 168 Å². The quantitative estimate of drug-likeness (QED) is 0.0265. The second-order valence-corrected chi connectivity index (χ2v) is 26.1. The van der Waals surface area contributed by atoms with Crippen LogP contribution >= 0.6 is 23.2 Å². The summed E-state index contributed by atoms with van der Waals surface area (Å²) in [7, 11) is 4.93. The molecule has 0 amide bonds. The molecule has 0 aliphatic carbocycles. The number of rotatable bonds is 25. The van der Waals surface area contributed by atoms with Gasteiger partial charge in [-0.25, -0.2) is 9.97 Å². The first-order valence-corrected chi connectivity index (χ1v) is 35.3. The van der Waals surface area contributed by atoms with Crippen LogP contribution in [0, 0.1) is 0 Å². The van der Waals surface area contributed by atoms with E-state index in [0.29, 0.717) is 90.0 Å². The minimum Gasteiger partial charge on any atom is -0.497 e. The Bertz CT molecular complexity index is 4890. The second-order valence-electron chi connectivity index (χ2n) is 25.2. The Balaban J connectivity index is 0.587. The topological polar surface area (TPSA) is 220 Å². The van der Waals surface area contributed by atoms with Crippen LogP contribution < -0.4 is 74.9 Å². The maximum absolute atomic E-state index is 6.57. The number of methoxy groups -OCH3 is 3. The van der Waals surface area contributed by atoms with Crippen molar-refractivity contribution in [2.45, 2.75) is 13.0 Å². The molecule has 0 bridgehead atoms. The van der Waals surface area contributed by atoms with E-state index in [-0.39, 0.29) is 0 Å². The van der Waals surface area contributed by atoms with E-state index in [1.807, 2.05) is 91.0 Å². The van der Waals surface area contributed by atoms with Crippen LogP contribution in [0.5, 0.6) is 23.0 Å². The van der Waals surface area contributed by atoms with Crippen molar-refractivity contribution in [3.63, 3.8) is 0 Å². The molecule has 15 rings (SSSR count). The van der Waals surface area contributed by atoms with Gasteiger partial charge >= 0.3 is 0 Å². The van der Waals surface area contributed by atoms with Gasteiger partial charge in [-0.15, -0.1) is 0 Å². The highest BCUT2D eigenvalue weighted by Gasteiger charge is 2.27. The molecule has 0 radical (unpaired) electrons. The number of benzene rings is 8. The van der Waals surface area contributed by atoms with Gasteiger partial charge in [0.15, 0.2) is 0 Å². The summed E-state index contributed by atoms with van der Waals surface area (Å²) in [5.41, 5.74) is 10.5. The Kier molecular flexibility index (Phi) is 20.0. The molecule has 102 heavy (non-hydrogen) atoms. The van der Waals surface area contributed by atoms with Crippen molar-refractivity contribution in [3.05, 3.63) is 192 Å². The fourth-order valence-corrected chi connectivity index (χ4v) is 13.7. The van der Waals surface area contributed by atoms with Crippen LogP contribution in [-0.4, -0.2) is 166 Å². The lowest BCUT2D eigenvalue weighted by molar-refractivity contribution is 0.306. The molecule has 0 atom stereocenters. The number of para-hydroxylation sites is 2. The summed E-state index contributed by atoms with van der Waals surface area (Å²) in [5, 5.41) is 23.0. The van der Waals surface area contributed by atoms with Crippen molar-refractivity contribution in [3.8, 4) is 23.0 Å². The highest BCUT2D eigenvalue weighted by molar-refractivity contribution is 6.32. The van der Waals surface area contributed by atoms with Crippen molar-refractivity contribution in [2.24, 2.45) is 0 Å². The lowest BCUT2D eigenvalue weighted by Crippen LogP contribution is -2.48. The fourth-order valence-electron chi connectivity index (χ4n) is 13.4. The average Bonchev–Trinajstić information content (AvgIpc) is 0.774. The number of nitrogens with one attached hydrogen (secondary N) is 5. The van der Waals surface area contributed by atoms with Gasteiger partial charge < -0.3 is 74.9 Å². The van der Waals surface area contributed by atoms with Crippen molar-refractivity contribution in [1.29, 1.82) is 0 Å². The molecule has 5 N–H and O–H groups in total. The van der Waals surface area contributed by atoms with Gasteiger partial charge in [-0.3, -0.25) is 0 Å². The van der Waals surface area contributed by atoms with E-state index < -0.39 is 0 Å². The number of ether oxygens (including phenoxy) is 4. The first-order valence-electron chi connectivity index (χ1n) is 34.5. The smallest absolute Gasteiger partial charge is 0.233 e. The zero-order valence-corrected chi connectivity index (χ0v) is 58.6. The minimum atomic E-state index is 0.385. The minimum absolute atomic E-state index is 0.385. The standard InChI is InChI=1S/C77H79Cl2N19O4/c1-99-58-21-25-66-64(48-58)71(63-24-18-53(79)44-69(63)85-66)81-29-30-83-73-89-76(97-39-33-94(34-40-97)56-13-8-5-9-14-56)92-77(90-73)98-41-35-95(36-42-98)57-19-15-51(16-20-57)50-102-59-22-26-67-65(49-59)70(62-23-17-52(78)43-68(62)86-67)80-27-10-28-82-72-87-74(84-54-45-60(100-2)47-61(46-54)101-3)91-75(88-72)96-37-31-93(32-38-96)55-11-6-4-7-12-55/h4-9,11-26,43-49H,10,27-42,50H2,1-3H3,(H,80,86)(H,81,85)(H,83,89,90,92)(H2,82,84,87,88,91). The molecule has 0 unspecified atom stereocenters. The Morgan fingerprint density at radius 1 is 0.343 bits per heavy atom. The van der Waals surface area contributed by atoms with Gasteiger partial charge in [0.2, 0.25) is 35.7 Å². The van der Waals surface area contributed by atoms with Gasteiger partial charge in [-0.05, 0) is 121 Å². The predicted octanol–water partition coefficient (Wildman–Crippen LogP) is 13.5. The maximum atomic E-state index is 6.57. The predicted molar refractivity (Wildman–Crippen MR) is 413 cm³/mol. The van der Waals surface area contributed by atoms with E-state index in [1.54, 1.807) is 21.3 Å². The number of hydrogen-bond donors (Lipinski definition) is 5. The van der Waals surface area contributed by atoms with Crippen molar-refractivity contribution >= 4 is 137 Å². The van der Waals surface area contributed by atoms with Gasteiger partial charge in [-0.1, -0.05) is 71.7 Å². The number of halogens is 2. The SMILES string of the molecule is COc1cc(Nc2nc(NCCCNc3c4ccc(Cl)cc4nc4ccc(OCc5ccc(N6CCN(c7nc(NCCNc8c9ccc(Cl)cc9nc9ccc(OC)cc89)nc(N8CCN(c9ccccc9)CC8)n7)CC6)cc5)cc34)nc(N3CCN(c4ccccc4)CC3)n2)cc(OC)c1. The normalized spacial score (nSPS) is 14.2. The molecule has 4 aromatic heterocycles. The number of aromatic nitrogens is 8. The molecule has 0 saturated carbocycles. The largest absolute Gasteiger partial charge is 0.497 e. The van der Waals surface area contributed by atoms with Crippen LogP contribution in [-0.2, 0) is 6.61 Å². The number of hydrogen-bond acceptors (Lipinski definition) is 23. The third-order valence-electron chi connectivity index (χ3n) is 18.8. The summed E-state index contributed by atoms with van der Waals surface area (Å²) in [6.45, 7) is 12.2. The highest BCUT2D eigenvalue weighted by Crippen LogP contribution is 2.38. The van der Waals surface area contributed by atoms with Crippen LogP contribution in [0.2, 0.25) is 10.0 Å². The van der Waals surface area contributed by atoms with Crippen molar-refractivity contribution in [1.82, 2.24) is 39.9 Å². The summed E-state index contributed by atoms with van der Waals surface area (Å²) in [4.78, 5) is 54.0. The fraction of sp³-hybridized carbons (Fsp3) is 0.273. The molecular weight excluding hydrogens is 1330 g/mol. The molecule has 3 saturated heterocycles. The third kappa shape index (κ3) is 15.4. The summed E-state index contributed by atoms with van der Waals surface area (Å²) in [5.74, 6) is 6.09. The molecular formula is C77H79Cl2N19O4. The molecule has 520 valence electrons. The zero-order valence-electron chi connectivity index (χ0n) is 57.1. The van der Waals surface area contributed by atoms with E-state index in [1.165, 1.54) is 11.4 Å². The van der Waals surface area contributed by atoms with Crippen molar-refractivity contribution in [2.75, 3.05) is 182 Å². The van der Waals surface area contributed by atoms with Crippen LogP contribution in [0.25, 0.3) is 43.6 Å². The number of anilines is 12. The van der Waals surface area contributed by atoms with Crippen LogP contribution in [0.1, 0.15) is 12.0 Å².